The zero-order valence-electron chi connectivity index (χ0n) is 56.3. The van der Waals surface area contributed by atoms with Crippen molar-refractivity contribution in [1.29, 1.82) is 0 Å². The molecule has 2 unspecified atom stereocenters. The number of carbonyl (C=O) groups is 2. The molecule has 0 saturated heterocycles. The number of hydrogen-bond acceptors (Lipinski definition) is 7. The summed E-state index contributed by atoms with van der Waals surface area (Å²) in [4.78, 5) is 35.9. The summed E-state index contributed by atoms with van der Waals surface area (Å²) in [6.07, 6.45) is 94.4. The molecule has 0 saturated carbocycles. The van der Waals surface area contributed by atoms with Crippen molar-refractivity contribution in [2.45, 2.75) is 302 Å². The van der Waals surface area contributed by atoms with Crippen LogP contribution in [-0.2, 0) is 32.7 Å². The third kappa shape index (κ3) is 69.5. The minimum Gasteiger partial charge on any atom is -0.462 e. The summed E-state index contributed by atoms with van der Waals surface area (Å²) in [6.45, 7) is 4.32. The van der Waals surface area contributed by atoms with Crippen molar-refractivity contribution in [1.82, 2.24) is 0 Å². The van der Waals surface area contributed by atoms with Crippen LogP contribution >= 0.6 is 7.82 Å². The minimum atomic E-state index is -4.40. The van der Waals surface area contributed by atoms with Crippen molar-refractivity contribution < 1.29 is 42.1 Å². The molecule has 0 amide bonds. The van der Waals surface area contributed by atoms with Crippen LogP contribution in [0.25, 0.3) is 0 Å². The lowest BCUT2D eigenvalue weighted by Gasteiger charge is -2.24. The molecule has 2 atom stereocenters. The lowest BCUT2D eigenvalue weighted by molar-refractivity contribution is -0.870. The van der Waals surface area contributed by atoms with Crippen molar-refractivity contribution in [3.8, 4) is 0 Å². The van der Waals surface area contributed by atoms with Crippen molar-refractivity contribution in [3.63, 3.8) is 0 Å². The Bertz CT molecular complexity index is 1870. The average molecular weight is 1220 g/mol. The maximum Gasteiger partial charge on any atom is 0.472 e. The first kappa shape index (κ1) is 82.4. The van der Waals surface area contributed by atoms with E-state index in [1.807, 2.05) is 21.1 Å². The van der Waals surface area contributed by atoms with E-state index in [-0.39, 0.29) is 32.0 Å². The molecule has 494 valence electrons. The first-order valence-electron chi connectivity index (χ1n) is 35.3. The van der Waals surface area contributed by atoms with E-state index in [9.17, 15) is 19.0 Å². The molecule has 0 radical (unpaired) electrons. The van der Waals surface area contributed by atoms with Gasteiger partial charge in [-0.25, -0.2) is 4.57 Å². The molecular weight excluding hydrogens is 1090 g/mol. The number of esters is 2. The number of hydrogen-bond donors (Lipinski definition) is 1. The van der Waals surface area contributed by atoms with E-state index >= 15 is 0 Å². The molecule has 10 heteroatoms. The molecule has 0 aliphatic carbocycles. The molecule has 0 heterocycles. The maximum absolute atomic E-state index is 12.9. The molecule has 0 aromatic rings. The summed E-state index contributed by atoms with van der Waals surface area (Å²) in [6, 6.07) is 0. The number of phosphoric acid groups is 1. The molecule has 0 rings (SSSR count). The molecule has 0 fully saturated rings. The summed E-state index contributed by atoms with van der Waals surface area (Å²) in [5.41, 5.74) is 0. The SMILES string of the molecule is CC/C=C\C/C=C\C/C=C\C/C=C\C/C=C\C/C=C\C/C=C\C/C=C\CCCCCCCCCCCCC(=O)OC(COC(=O)CCCCCCCCCCCCCCCCC/C=C\C/C=C\CCCCCCC)COP(=O)(O)OCC[N+](C)(C)C. The van der Waals surface area contributed by atoms with Crippen LogP contribution in [0.4, 0.5) is 0 Å². The van der Waals surface area contributed by atoms with Gasteiger partial charge < -0.3 is 18.9 Å². The van der Waals surface area contributed by atoms with E-state index in [1.165, 1.54) is 161 Å². The van der Waals surface area contributed by atoms with Gasteiger partial charge in [-0.05, 0) is 109 Å². The summed E-state index contributed by atoms with van der Waals surface area (Å²) in [5, 5.41) is 0. The van der Waals surface area contributed by atoms with Crippen molar-refractivity contribution >= 4 is 19.8 Å². The van der Waals surface area contributed by atoms with Gasteiger partial charge in [0.15, 0.2) is 6.10 Å². The molecule has 86 heavy (non-hydrogen) atoms. The number of allylic oxidation sites excluding steroid dienone is 20. The normalized spacial score (nSPS) is 13.9. The van der Waals surface area contributed by atoms with Gasteiger partial charge in [-0.15, -0.1) is 0 Å². The molecule has 9 nitrogen and oxygen atoms in total. The molecule has 1 N–H and O–H groups in total. The summed E-state index contributed by atoms with van der Waals surface area (Å²) in [5.74, 6) is -0.800. The van der Waals surface area contributed by atoms with Crippen LogP contribution in [0, 0.1) is 0 Å². The average Bonchev–Trinajstić information content (AvgIpc) is 3.56. The van der Waals surface area contributed by atoms with Crippen LogP contribution < -0.4 is 0 Å². The Morgan fingerprint density at radius 3 is 0.988 bits per heavy atom. The fourth-order valence-electron chi connectivity index (χ4n) is 9.59. The molecule has 0 aliphatic heterocycles. The van der Waals surface area contributed by atoms with E-state index in [4.69, 9.17) is 18.5 Å². The number of phosphoric ester groups is 1. The van der Waals surface area contributed by atoms with Gasteiger partial charge in [-0.3, -0.25) is 18.6 Å². The first-order chi connectivity index (χ1) is 42.0. The Hall–Kier alpha value is -3.59. The lowest BCUT2D eigenvalue weighted by atomic mass is 10.0. The standard InChI is InChI=1S/C76H132NO8P/c1-6-8-10-12-14-16-18-20-22-24-26-28-30-32-34-35-36-37-38-39-40-41-43-45-47-49-51-53-55-57-59-61-63-65-67-69-76(79)85-74(73-84-86(80,81)83-71-70-77(3,4)5)72-82-75(78)68-66-64-62-60-58-56-54-52-50-48-46-44-42-33-31-29-27-25-23-21-19-17-15-13-11-9-7-2/h8,10,14,16,19-22,25-28,32,34,36-37,39-40,43,45,74H,6-7,9,11-13,15,17-18,23-24,29-31,33,35,38,41-42,44,46-73H2,1-5H3/p+1/b10-8-,16-14-,21-19-,22-20-,27-25-,28-26-,34-32-,37-36-,40-39-,45-43-. The zero-order chi connectivity index (χ0) is 62.6. The van der Waals surface area contributed by atoms with Crippen molar-refractivity contribution in [2.75, 3.05) is 47.5 Å². The second-order valence-corrected chi connectivity index (χ2v) is 26.0. The van der Waals surface area contributed by atoms with Crippen LogP contribution in [0.1, 0.15) is 296 Å². The van der Waals surface area contributed by atoms with Gasteiger partial charge in [0.1, 0.15) is 19.8 Å². The third-order valence-electron chi connectivity index (χ3n) is 15.0. The zero-order valence-corrected chi connectivity index (χ0v) is 57.2. The predicted molar refractivity (Wildman–Crippen MR) is 371 cm³/mol. The largest absolute Gasteiger partial charge is 0.472 e. The Balaban J connectivity index is 4.09. The van der Waals surface area contributed by atoms with E-state index in [2.05, 4.69) is 135 Å². The molecule has 0 spiro atoms. The second kappa shape index (κ2) is 65.8. The third-order valence-corrected chi connectivity index (χ3v) is 16.0. The van der Waals surface area contributed by atoms with Crippen LogP contribution in [0.15, 0.2) is 122 Å². The molecular formula is C76H133NO8P+. The van der Waals surface area contributed by atoms with E-state index in [0.717, 1.165) is 103 Å². The van der Waals surface area contributed by atoms with Crippen LogP contribution in [0.2, 0.25) is 0 Å². The maximum atomic E-state index is 12.9. The number of likely N-dealkylation sites (N-methyl/N-ethyl adjacent to an activating group) is 1. The fraction of sp³-hybridized carbons (Fsp3) is 0.711. The van der Waals surface area contributed by atoms with Crippen LogP contribution in [0.3, 0.4) is 0 Å². The van der Waals surface area contributed by atoms with Gasteiger partial charge in [0.25, 0.3) is 0 Å². The Kier molecular flexibility index (Phi) is 63.1. The van der Waals surface area contributed by atoms with Gasteiger partial charge in [-0.2, -0.15) is 0 Å². The van der Waals surface area contributed by atoms with Gasteiger partial charge in [-0.1, -0.05) is 296 Å². The van der Waals surface area contributed by atoms with Crippen molar-refractivity contribution in [3.05, 3.63) is 122 Å². The van der Waals surface area contributed by atoms with E-state index in [0.29, 0.717) is 17.4 Å². The second-order valence-electron chi connectivity index (χ2n) is 24.5. The van der Waals surface area contributed by atoms with Gasteiger partial charge >= 0.3 is 19.8 Å². The minimum absolute atomic E-state index is 0.0263. The summed E-state index contributed by atoms with van der Waals surface area (Å²) >= 11 is 0. The van der Waals surface area contributed by atoms with Gasteiger partial charge in [0.2, 0.25) is 0 Å². The predicted octanol–water partition coefficient (Wildman–Crippen LogP) is 23.0. The molecule has 0 aliphatic rings. The Morgan fingerprint density at radius 1 is 0.372 bits per heavy atom. The number of carbonyl (C=O) groups excluding carboxylic acids is 2. The lowest BCUT2D eigenvalue weighted by Crippen LogP contribution is -2.37. The topological polar surface area (TPSA) is 108 Å². The van der Waals surface area contributed by atoms with Gasteiger partial charge in [0, 0.05) is 12.8 Å². The number of rotatable bonds is 64. The highest BCUT2D eigenvalue weighted by Crippen LogP contribution is 2.43. The molecule has 0 bridgehead atoms. The quantitative estimate of drug-likeness (QED) is 0.0211. The summed E-state index contributed by atoms with van der Waals surface area (Å²) < 4.78 is 34.7. The monoisotopic (exact) mass is 1220 g/mol. The highest BCUT2D eigenvalue weighted by molar-refractivity contribution is 7.47. The summed E-state index contributed by atoms with van der Waals surface area (Å²) in [7, 11) is 1.47. The number of ether oxygens (including phenoxy) is 2. The number of quaternary nitrogens is 1. The van der Waals surface area contributed by atoms with Crippen LogP contribution in [0.5, 0.6) is 0 Å². The fourth-order valence-corrected chi connectivity index (χ4v) is 10.3. The van der Waals surface area contributed by atoms with E-state index in [1.54, 1.807) is 0 Å². The van der Waals surface area contributed by atoms with Crippen LogP contribution in [-0.4, -0.2) is 74.9 Å². The first-order valence-corrected chi connectivity index (χ1v) is 36.8. The number of unbranched alkanes of at least 4 members (excludes halogenated alkanes) is 30. The highest BCUT2D eigenvalue weighted by atomic mass is 31.2. The van der Waals surface area contributed by atoms with Gasteiger partial charge in [0.05, 0.1) is 27.7 Å². The smallest absolute Gasteiger partial charge is 0.462 e. The van der Waals surface area contributed by atoms with Crippen molar-refractivity contribution in [2.24, 2.45) is 0 Å². The number of nitrogens with zero attached hydrogens (tertiary/aromatic N) is 1. The van der Waals surface area contributed by atoms with E-state index < -0.39 is 26.5 Å². The Labute approximate surface area is 530 Å². The highest BCUT2D eigenvalue weighted by Gasteiger charge is 2.27. The molecule has 0 aromatic heterocycles. The Morgan fingerprint density at radius 2 is 0.663 bits per heavy atom. The molecule has 0 aromatic carbocycles.